The first-order valence-electron chi connectivity index (χ1n) is 8.07. The van der Waals surface area contributed by atoms with Gasteiger partial charge in [-0.25, -0.2) is 17.8 Å². The molecule has 0 unspecified atom stereocenters. The second-order valence-corrected chi connectivity index (χ2v) is 9.09. The lowest BCUT2D eigenvalue weighted by Crippen LogP contribution is -2.10. The van der Waals surface area contributed by atoms with Crippen molar-refractivity contribution in [3.05, 3.63) is 66.2 Å². The van der Waals surface area contributed by atoms with E-state index in [9.17, 15) is 17.6 Å². The number of hydrogen-bond acceptors (Lipinski definition) is 6. The second kappa shape index (κ2) is 6.84. The molecule has 1 amide bonds. The summed E-state index contributed by atoms with van der Waals surface area (Å²) in [6, 6.07) is 13.5. The SMILES string of the molecule is CS(=O)(=O)c1ccc2nc(NC(=O)c3ccc(-c4ccc(F)cc4)o3)sc2c1. The van der Waals surface area contributed by atoms with Crippen LogP contribution in [0.5, 0.6) is 0 Å². The molecule has 4 rings (SSSR count). The zero-order valence-electron chi connectivity index (χ0n) is 14.5. The van der Waals surface area contributed by atoms with Gasteiger partial charge in [-0.1, -0.05) is 11.3 Å². The summed E-state index contributed by atoms with van der Waals surface area (Å²) >= 11 is 1.16. The van der Waals surface area contributed by atoms with E-state index in [0.717, 1.165) is 17.6 Å². The summed E-state index contributed by atoms with van der Waals surface area (Å²) in [7, 11) is -3.32. The van der Waals surface area contributed by atoms with Crippen LogP contribution in [0.15, 0.2) is 63.9 Å². The van der Waals surface area contributed by atoms with Gasteiger partial charge in [0.1, 0.15) is 11.6 Å². The lowest BCUT2D eigenvalue weighted by molar-refractivity contribution is 0.0997. The van der Waals surface area contributed by atoms with E-state index in [1.54, 1.807) is 24.3 Å². The molecule has 2 heterocycles. The van der Waals surface area contributed by atoms with Gasteiger partial charge < -0.3 is 4.42 Å². The van der Waals surface area contributed by atoms with Crippen molar-refractivity contribution in [2.75, 3.05) is 11.6 Å². The summed E-state index contributed by atoms with van der Waals surface area (Å²) < 4.78 is 42.5. The van der Waals surface area contributed by atoms with Crippen LogP contribution in [0.1, 0.15) is 10.6 Å². The molecule has 2 aromatic carbocycles. The van der Waals surface area contributed by atoms with Crippen molar-refractivity contribution in [2.24, 2.45) is 0 Å². The topological polar surface area (TPSA) is 89.3 Å². The summed E-state index contributed by atoms with van der Waals surface area (Å²) in [6.07, 6.45) is 1.13. The standard InChI is InChI=1S/C19H13FN2O4S2/c1-28(24,25)13-6-7-14-17(10-13)27-19(21-14)22-18(23)16-9-8-15(26-16)11-2-4-12(20)5-3-11/h2-10H,1H3,(H,21,22,23). The number of benzene rings is 2. The van der Waals surface area contributed by atoms with Crippen LogP contribution >= 0.6 is 11.3 Å². The fourth-order valence-electron chi connectivity index (χ4n) is 2.58. The molecule has 28 heavy (non-hydrogen) atoms. The third kappa shape index (κ3) is 3.67. The average Bonchev–Trinajstić information content (AvgIpc) is 3.27. The molecule has 0 saturated carbocycles. The summed E-state index contributed by atoms with van der Waals surface area (Å²) in [5.41, 5.74) is 1.23. The number of nitrogens with zero attached hydrogens (tertiary/aromatic N) is 1. The highest BCUT2D eigenvalue weighted by Crippen LogP contribution is 2.29. The van der Waals surface area contributed by atoms with Crippen LogP contribution < -0.4 is 5.32 Å². The molecule has 0 aliphatic carbocycles. The maximum absolute atomic E-state index is 13.0. The van der Waals surface area contributed by atoms with Crippen LogP contribution in [0, 0.1) is 5.82 Å². The van der Waals surface area contributed by atoms with E-state index in [1.807, 2.05) is 0 Å². The Morgan fingerprint density at radius 3 is 2.57 bits per heavy atom. The van der Waals surface area contributed by atoms with Crippen molar-refractivity contribution >= 4 is 42.4 Å². The van der Waals surface area contributed by atoms with E-state index in [2.05, 4.69) is 10.3 Å². The summed E-state index contributed by atoms with van der Waals surface area (Å²) in [6.45, 7) is 0. The number of carbonyl (C=O) groups is 1. The van der Waals surface area contributed by atoms with Gasteiger partial charge >= 0.3 is 0 Å². The van der Waals surface area contributed by atoms with Crippen LogP contribution in [0.25, 0.3) is 21.5 Å². The Hall–Kier alpha value is -3.04. The van der Waals surface area contributed by atoms with Crippen molar-refractivity contribution in [3.8, 4) is 11.3 Å². The molecule has 4 aromatic rings. The minimum atomic E-state index is -3.32. The summed E-state index contributed by atoms with van der Waals surface area (Å²) in [5, 5.41) is 2.97. The fourth-order valence-corrected chi connectivity index (χ4v) is 4.20. The van der Waals surface area contributed by atoms with Gasteiger partial charge in [0.2, 0.25) is 0 Å². The molecule has 9 heteroatoms. The molecule has 0 spiro atoms. The Bertz CT molecular complexity index is 1290. The number of anilines is 1. The Labute approximate surface area is 163 Å². The molecule has 0 aliphatic rings. The minimum absolute atomic E-state index is 0.0791. The third-order valence-electron chi connectivity index (χ3n) is 3.97. The van der Waals surface area contributed by atoms with E-state index < -0.39 is 15.7 Å². The monoisotopic (exact) mass is 416 g/mol. The zero-order chi connectivity index (χ0) is 19.9. The first-order valence-corrected chi connectivity index (χ1v) is 10.8. The van der Waals surface area contributed by atoms with E-state index in [-0.39, 0.29) is 16.5 Å². The molecular weight excluding hydrogens is 403 g/mol. The van der Waals surface area contributed by atoms with Gasteiger partial charge in [0.15, 0.2) is 20.7 Å². The van der Waals surface area contributed by atoms with Gasteiger partial charge in [0, 0.05) is 11.8 Å². The van der Waals surface area contributed by atoms with E-state index in [0.29, 0.717) is 26.7 Å². The second-order valence-electron chi connectivity index (χ2n) is 6.05. The Balaban J connectivity index is 1.56. The van der Waals surface area contributed by atoms with Crippen molar-refractivity contribution < 1.29 is 22.0 Å². The largest absolute Gasteiger partial charge is 0.451 e. The van der Waals surface area contributed by atoms with E-state index >= 15 is 0 Å². The molecule has 0 atom stereocenters. The van der Waals surface area contributed by atoms with Crippen LogP contribution in [-0.4, -0.2) is 25.6 Å². The van der Waals surface area contributed by atoms with E-state index in [4.69, 9.17) is 4.42 Å². The maximum Gasteiger partial charge on any atom is 0.293 e. The van der Waals surface area contributed by atoms with Crippen LogP contribution in [-0.2, 0) is 9.84 Å². The van der Waals surface area contributed by atoms with Gasteiger partial charge in [-0.2, -0.15) is 0 Å². The number of fused-ring (bicyclic) bond motifs is 1. The van der Waals surface area contributed by atoms with Gasteiger partial charge in [0.05, 0.1) is 15.1 Å². The smallest absolute Gasteiger partial charge is 0.293 e. The van der Waals surface area contributed by atoms with Crippen LogP contribution in [0.4, 0.5) is 9.52 Å². The van der Waals surface area contributed by atoms with Crippen LogP contribution in [0.3, 0.4) is 0 Å². The van der Waals surface area contributed by atoms with E-state index in [1.165, 1.54) is 30.3 Å². The molecule has 0 bridgehead atoms. The number of hydrogen-bond donors (Lipinski definition) is 1. The number of furan rings is 1. The van der Waals surface area contributed by atoms with Crippen molar-refractivity contribution in [3.63, 3.8) is 0 Å². The predicted molar refractivity (Wildman–Crippen MR) is 105 cm³/mol. The van der Waals surface area contributed by atoms with Crippen molar-refractivity contribution in [2.45, 2.75) is 4.90 Å². The van der Waals surface area contributed by atoms with Crippen molar-refractivity contribution in [1.82, 2.24) is 4.98 Å². The lowest BCUT2D eigenvalue weighted by atomic mass is 10.2. The quantitative estimate of drug-likeness (QED) is 0.534. The first kappa shape index (κ1) is 18.3. The highest BCUT2D eigenvalue weighted by Gasteiger charge is 2.16. The Kier molecular flexibility index (Phi) is 4.48. The van der Waals surface area contributed by atoms with Gasteiger partial charge in [0.25, 0.3) is 5.91 Å². The fraction of sp³-hybridized carbons (Fsp3) is 0.0526. The number of sulfone groups is 1. The zero-order valence-corrected chi connectivity index (χ0v) is 16.1. The normalized spacial score (nSPS) is 11.6. The summed E-state index contributed by atoms with van der Waals surface area (Å²) in [4.78, 5) is 16.9. The minimum Gasteiger partial charge on any atom is -0.451 e. The Morgan fingerprint density at radius 2 is 1.86 bits per heavy atom. The van der Waals surface area contributed by atoms with Gasteiger partial charge in [-0.3, -0.25) is 10.1 Å². The molecule has 1 N–H and O–H groups in total. The van der Waals surface area contributed by atoms with Crippen LogP contribution in [0.2, 0.25) is 0 Å². The number of aromatic nitrogens is 1. The highest BCUT2D eigenvalue weighted by molar-refractivity contribution is 7.90. The number of halogens is 1. The number of thiazole rings is 1. The van der Waals surface area contributed by atoms with Gasteiger partial charge in [-0.15, -0.1) is 0 Å². The predicted octanol–water partition coefficient (Wildman–Crippen LogP) is 4.35. The molecule has 0 fully saturated rings. The number of nitrogens with one attached hydrogen (secondary N) is 1. The maximum atomic E-state index is 13.0. The average molecular weight is 416 g/mol. The number of carbonyl (C=O) groups excluding carboxylic acids is 1. The number of rotatable bonds is 4. The van der Waals surface area contributed by atoms with Gasteiger partial charge in [-0.05, 0) is 54.6 Å². The molecule has 142 valence electrons. The van der Waals surface area contributed by atoms with Crippen molar-refractivity contribution in [1.29, 1.82) is 0 Å². The molecule has 0 aliphatic heterocycles. The third-order valence-corrected chi connectivity index (χ3v) is 6.01. The number of amides is 1. The highest BCUT2D eigenvalue weighted by atomic mass is 32.2. The molecular formula is C19H13FN2O4S2. The Morgan fingerprint density at radius 1 is 1.11 bits per heavy atom. The molecule has 2 aromatic heterocycles. The molecule has 0 radical (unpaired) electrons. The lowest BCUT2D eigenvalue weighted by Gasteiger charge is -1.99. The first-order chi connectivity index (χ1) is 13.3. The molecule has 6 nitrogen and oxygen atoms in total. The summed E-state index contributed by atoms with van der Waals surface area (Å²) in [5.74, 6) is -0.332. The molecule has 0 saturated heterocycles.